The molecule has 0 saturated heterocycles. The Morgan fingerprint density at radius 2 is 2.42 bits per heavy atom. The number of aryl methyl sites for hydroxylation is 1. The Bertz CT molecular complexity index is 298. The fourth-order valence-corrected chi connectivity index (χ4v) is 1.97. The molecule has 0 bridgehead atoms. The number of amides is 1. The summed E-state index contributed by atoms with van der Waals surface area (Å²) in [5, 5.41) is 3.23. The number of hydrogen-bond acceptors (Lipinski definition) is 3. The van der Waals surface area contributed by atoms with E-state index in [1.807, 2.05) is 6.92 Å². The highest BCUT2D eigenvalue weighted by molar-refractivity contribution is 7.16. The van der Waals surface area contributed by atoms with E-state index in [2.05, 4.69) is 10.3 Å². The van der Waals surface area contributed by atoms with Gasteiger partial charge in [-0.25, -0.2) is 4.98 Å². The topological polar surface area (TPSA) is 42.0 Å². The molecule has 0 atom stereocenters. The van der Waals surface area contributed by atoms with Gasteiger partial charge >= 0.3 is 0 Å². The lowest BCUT2D eigenvalue weighted by Crippen LogP contribution is -2.04. The maximum atomic E-state index is 10.6. The SMILES string of the molecule is CC(=O)Nc1nc(C)c(CCl)s1. The normalized spacial score (nSPS) is 9.92. The number of carbonyl (C=O) groups is 1. The maximum absolute atomic E-state index is 10.6. The number of nitrogens with zero attached hydrogens (tertiary/aromatic N) is 1. The van der Waals surface area contributed by atoms with Crippen LogP contribution in [0.5, 0.6) is 0 Å². The highest BCUT2D eigenvalue weighted by Crippen LogP contribution is 2.23. The van der Waals surface area contributed by atoms with Crippen molar-refractivity contribution in [3.63, 3.8) is 0 Å². The van der Waals surface area contributed by atoms with Crippen LogP contribution in [0.1, 0.15) is 17.5 Å². The number of aromatic nitrogens is 1. The molecule has 5 heteroatoms. The van der Waals surface area contributed by atoms with Crippen molar-refractivity contribution >= 4 is 34.0 Å². The van der Waals surface area contributed by atoms with Gasteiger partial charge in [0.25, 0.3) is 0 Å². The van der Waals surface area contributed by atoms with Crippen molar-refractivity contribution in [1.29, 1.82) is 0 Å². The van der Waals surface area contributed by atoms with Gasteiger partial charge in [0.15, 0.2) is 5.13 Å². The van der Waals surface area contributed by atoms with E-state index in [-0.39, 0.29) is 5.91 Å². The maximum Gasteiger partial charge on any atom is 0.223 e. The average Bonchev–Trinajstić information content (AvgIpc) is 2.29. The van der Waals surface area contributed by atoms with Crippen molar-refractivity contribution in [2.24, 2.45) is 0 Å². The van der Waals surface area contributed by atoms with Gasteiger partial charge in [0.05, 0.1) is 11.6 Å². The van der Waals surface area contributed by atoms with Gasteiger partial charge in [0.1, 0.15) is 0 Å². The number of anilines is 1. The molecule has 0 unspecified atom stereocenters. The van der Waals surface area contributed by atoms with E-state index in [1.54, 1.807) is 0 Å². The van der Waals surface area contributed by atoms with Gasteiger partial charge in [-0.15, -0.1) is 22.9 Å². The van der Waals surface area contributed by atoms with E-state index in [1.165, 1.54) is 18.3 Å². The van der Waals surface area contributed by atoms with Crippen LogP contribution >= 0.6 is 22.9 Å². The summed E-state index contributed by atoms with van der Waals surface area (Å²) in [6.45, 7) is 3.33. The van der Waals surface area contributed by atoms with Gasteiger partial charge in [-0.3, -0.25) is 4.79 Å². The van der Waals surface area contributed by atoms with Crippen LogP contribution in [-0.2, 0) is 10.7 Å². The molecule has 1 N–H and O–H groups in total. The number of halogens is 1. The Labute approximate surface area is 79.8 Å². The Hall–Kier alpha value is -0.610. The van der Waals surface area contributed by atoms with Gasteiger partial charge in [-0.1, -0.05) is 0 Å². The second kappa shape index (κ2) is 3.87. The van der Waals surface area contributed by atoms with Gasteiger partial charge < -0.3 is 5.32 Å². The first-order chi connectivity index (χ1) is 5.63. The first-order valence-electron chi connectivity index (χ1n) is 3.43. The zero-order valence-electron chi connectivity index (χ0n) is 6.85. The van der Waals surface area contributed by atoms with Gasteiger partial charge in [0, 0.05) is 11.8 Å². The molecule has 1 aromatic rings. The van der Waals surface area contributed by atoms with E-state index in [9.17, 15) is 4.79 Å². The first kappa shape index (κ1) is 9.48. The molecule has 1 heterocycles. The fraction of sp³-hybridized carbons (Fsp3) is 0.429. The van der Waals surface area contributed by atoms with Crippen molar-refractivity contribution in [1.82, 2.24) is 4.98 Å². The minimum Gasteiger partial charge on any atom is -0.302 e. The quantitative estimate of drug-likeness (QED) is 0.751. The zero-order chi connectivity index (χ0) is 9.14. The Balaban J connectivity index is 2.82. The predicted molar refractivity (Wildman–Crippen MR) is 50.7 cm³/mol. The highest BCUT2D eigenvalue weighted by Gasteiger charge is 2.06. The smallest absolute Gasteiger partial charge is 0.223 e. The predicted octanol–water partition coefficient (Wildman–Crippen LogP) is 2.15. The largest absolute Gasteiger partial charge is 0.302 e. The summed E-state index contributed by atoms with van der Waals surface area (Å²) in [7, 11) is 0. The second-order valence-electron chi connectivity index (χ2n) is 2.34. The number of nitrogens with one attached hydrogen (secondary N) is 1. The number of rotatable bonds is 2. The summed E-state index contributed by atoms with van der Waals surface area (Å²) in [6.07, 6.45) is 0. The molecule has 0 aliphatic carbocycles. The third kappa shape index (κ3) is 2.19. The number of carbonyl (C=O) groups excluding carboxylic acids is 1. The molecule has 12 heavy (non-hydrogen) atoms. The van der Waals surface area contributed by atoms with E-state index >= 15 is 0 Å². The van der Waals surface area contributed by atoms with Gasteiger partial charge in [-0.2, -0.15) is 0 Å². The molecule has 0 aromatic carbocycles. The molecule has 0 radical (unpaired) electrons. The lowest BCUT2D eigenvalue weighted by Gasteiger charge is -1.91. The van der Waals surface area contributed by atoms with E-state index in [4.69, 9.17) is 11.6 Å². The van der Waals surface area contributed by atoms with Gasteiger partial charge in [-0.05, 0) is 6.92 Å². The summed E-state index contributed by atoms with van der Waals surface area (Å²) in [6, 6.07) is 0. The van der Waals surface area contributed by atoms with Crippen LogP contribution in [-0.4, -0.2) is 10.9 Å². The van der Waals surface area contributed by atoms with E-state index < -0.39 is 0 Å². The molecular weight excluding hydrogens is 196 g/mol. The van der Waals surface area contributed by atoms with E-state index in [0.29, 0.717) is 11.0 Å². The van der Waals surface area contributed by atoms with Crippen LogP contribution in [0.3, 0.4) is 0 Å². The van der Waals surface area contributed by atoms with Crippen LogP contribution in [0.15, 0.2) is 0 Å². The van der Waals surface area contributed by atoms with Crippen LogP contribution < -0.4 is 5.32 Å². The van der Waals surface area contributed by atoms with Crippen molar-refractivity contribution in [2.45, 2.75) is 19.7 Å². The third-order valence-electron chi connectivity index (χ3n) is 1.30. The summed E-state index contributed by atoms with van der Waals surface area (Å²) >= 11 is 7.05. The van der Waals surface area contributed by atoms with Crippen molar-refractivity contribution in [3.05, 3.63) is 10.6 Å². The Kier molecular flexibility index (Phi) is 3.05. The molecule has 66 valence electrons. The Morgan fingerprint density at radius 1 is 1.75 bits per heavy atom. The average molecular weight is 205 g/mol. The lowest BCUT2D eigenvalue weighted by molar-refractivity contribution is -0.114. The number of thiazole rings is 1. The summed E-state index contributed by atoms with van der Waals surface area (Å²) < 4.78 is 0. The first-order valence-corrected chi connectivity index (χ1v) is 4.78. The highest BCUT2D eigenvalue weighted by atomic mass is 35.5. The third-order valence-corrected chi connectivity index (χ3v) is 2.80. The lowest BCUT2D eigenvalue weighted by atomic mass is 10.4. The molecule has 1 aromatic heterocycles. The molecule has 0 saturated carbocycles. The standard InChI is InChI=1S/C7H9ClN2OS/c1-4-6(3-8)12-7(9-4)10-5(2)11/h3H2,1-2H3,(H,9,10,11). The van der Waals surface area contributed by atoms with E-state index in [0.717, 1.165) is 10.6 Å². The second-order valence-corrected chi connectivity index (χ2v) is 3.69. The summed E-state index contributed by atoms with van der Waals surface area (Å²) in [4.78, 5) is 15.8. The summed E-state index contributed by atoms with van der Waals surface area (Å²) in [5.74, 6) is 0.341. The van der Waals surface area contributed by atoms with Gasteiger partial charge in [0.2, 0.25) is 5.91 Å². The zero-order valence-corrected chi connectivity index (χ0v) is 8.42. The molecule has 0 aliphatic rings. The van der Waals surface area contributed by atoms with Crippen molar-refractivity contribution in [2.75, 3.05) is 5.32 Å². The molecule has 3 nitrogen and oxygen atoms in total. The molecule has 0 fully saturated rings. The summed E-state index contributed by atoms with van der Waals surface area (Å²) in [5.41, 5.74) is 0.888. The van der Waals surface area contributed by atoms with Crippen LogP contribution in [0.25, 0.3) is 0 Å². The Morgan fingerprint density at radius 3 is 2.83 bits per heavy atom. The molecular formula is C7H9ClN2OS. The fourth-order valence-electron chi connectivity index (χ4n) is 0.756. The van der Waals surface area contributed by atoms with Crippen LogP contribution in [0.4, 0.5) is 5.13 Å². The minimum absolute atomic E-state index is 0.107. The molecule has 1 amide bonds. The van der Waals surface area contributed by atoms with Crippen molar-refractivity contribution < 1.29 is 4.79 Å². The van der Waals surface area contributed by atoms with Crippen LogP contribution in [0, 0.1) is 6.92 Å². The number of alkyl halides is 1. The monoisotopic (exact) mass is 204 g/mol. The molecule has 0 aliphatic heterocycles. The molecule has 1 rings (SSSR count). The van der Waals surface area contributed by atoms with Crippen molar-refractivity contribution in [3.8, 4) is 0 Å². The number of hydrogen-bond donors (Lipinski definition) is 1. The molecule has 0 spiro atoms. The minimum atomic E-state index is -0.107. The van der Waals surface area contributed by atoms with Crippen LogP contribution in [0.2, 0.25) is 0 Å².